The Morgan fingerprint density at radius 3 is 2.61 bits per heavy atom. The number of amides is 1. The summed E-state index contributed by atoms with van der Waals surface area (Å²) < 4.78 is 41.7. The maximum Gasteiger partial charge on any atom is 0.279 e. The van der Waals surface area contributed by atoms with Gasteiger partial charge in [0.1, 0.15) is 0 Å². The highest BCUT2D eigenvalue weighted by atomic mass is 32.2. The monoisotopic (exact) mass is 519 g/mol. The first kappa shape index (κ1) is 22.6. The van der Waals surface area contributed by atoms with Gasteiger partial charge >= 0.3 is 0 Å². The molecule has 0 radical (unpaired) electrons. The average Bonchev–Trinajstić information content (AvgIpc) is 3.60. The number of carbonyl (C=O) groups excluding carboxylic acids is 1. The zero-order valence-corrected chi connectivity index (χ0v) is 20.7. The van der Waals surface area contributed by atoms with Gasteiger partial charge in [-0.2, -0.15) is 4.99 Å². The van der Waals surface area contributed by atoms with Crippen LogP contribution in [0.4, 0.5) is 5.69 Å². The van der Waals surface area contributed by atoms with Gasteiger partial charge in [0, 0.05) is 30.8 Å². The van der Waals surface area contributed by atoms with Gasteiger partial charge in [-0.05, 0) is 42.3 Å². The van der Waals surface area contributed by atoms with Gasteiger partial charge in [0.05, 0.1) is 20.8 Å². The predicted octanol–water partition coefficient (Wildman–Crippen LogP) is 4.11. The summed E-state index contributed by atoms with van der Waals surface area (Å²) in [6.07, 6.45) is 2.41. The fraction of sp³-hybridized carbons (Fsp3) is 0.154. The van der Waals surface area contributed by atoms with Crippen LogP contribution in [-0.2, 0) is 23.0 Å². The van der Waals surface area contributed by atoms with E-state index in [4.69, 9.17) is 9.47 Å². The zero-order chi connectivity index (χ0) is 24.9. The van der Waals surface area contributed by atoms with Crippen molar-refractivity contribution in [2.45, 2.75) is 17.9 Å². The summed E-state index contributed by atoms with van der Waals surface area (Å²) in [6.45, 7) is 4.85. The summed E-state index contributed by atoms with van der Waals surface area (Å²) in [5.74, 6) is 0.841. The van der Waals surface area contributed by atoms with Crippen LogP contribution in [0, 0.1) is 0 Å². The minimum atomic E-state index is -3.74. The number of ether oxygens (including phenoxy) is 2. The molecular weight excluding hydrogens is 498 g/mol. The van der Waals surface area contributed by atoms with E-state index in [0.717, 1.165) is 15.8 Å². The molecule has 3 heterocycles. The summed E-state index contributed by atoms with van der Waals surface area (Å²) in [4.78, 5) is 18.0. The van der Waals surface area contributed by atoms with E-state index in [1.165, 1.54) is 39.9 Å². The third-order valence-corrected chi connectivity index (χ3v) is 9.09. The number of para-hydroxylation sites is 1. The van der Waals surface area contributed by atoms with Gasteiger partial charge in [-0.1, -0.05) is 35.6 Å². The Kier molecular flexibility index (Phi) is 5.42. The van der Waals surface area contributed by atoms with Crippen LogP contribution in [0.25, 0.3) is 10.2 Å². The molecule has 2 aliphatic rings. The fourth-order valence-corrected chi connectivity index (χ4v) is 7.01. The summed E-state index contributed by atoms with van der Waals surface area (Å²) in [5.41, 5.74) is 2.87. The van der Waals surface area contributed by atoms with Crippen molar-refractivity contribution in [1.29, 1.82) is 0 Å². The van der Waals surface area contributed by atoms with Gasteiger partial charge in [-0.25, -0.2) is 8.42 Å². The topological polar surface area (TPSA) is 90.2 Å². The number of aromatic nitrogens is 1. The number of anilines is 1. The lowest BCUT2D eigenvalue weighted by Crippen LogP contribution is -2.29. The van der Waals surface area contributed by atoms with Crippen LogP contribution in [0.5, 0.6) is 11.5 Å². The number of carbonyl (C=O) groups is 1. The normalized spacial score (nSPS) is 14.9. The molecule has 1 amide bonds. The van der Waals surface area contributed by atoms with Gasteiger partial charge in [-0.15, -0.1) is 6.58 Å². The van der Waals surface area contributed by atoms with Crippen LogP contribution in [-0.4, -0.2) is 32.2 Å². The molecule has 4 aromatic rings. The molecule has 0 fully saturated rings. The maximum absolute atomic E-state index is 13.3. The molecule has 0 saturated carbocycles. The second-order valence-corrected chi connectivity index (χ2v) is 11.2. The van der Waals surface area contributed by atoms with E-state index >= 15 is 0 Å². The van der Waals surface area contributed by atoms with Gasteiger partial charge in [0.15, 0.2) is 16.3 Å². The largest absolute Gasteiger partial charge is 0.454 e. The SMILES string of the molecule is C=CCn1c(=NC(=O)c2ccc(S(=O)(=O)N3CCc4ccccc43)cc2)sc2cc3c(cc21)OCO3. The number of thiazole rings is 1. The van der Waals surface area contributed by atoms with Crippen molar-refractivity contribution in [3.8, 4) is 11.5 Å². The highest BCUT2D eigenvalue weighted by molar-refractivity contribution is 7.92. The van der Waals surface area contributed by atoms with Crippen molar-refractivity contribution in [1.82, 2.24) is 4.57 Å². The Morgan fingerprint density at radius 1 is 1.08 bits per heavy atom. The van der Waals surface area contributed by atoms with Gasteiger partial charge in [0.25, 0.3) is 15.9 Å². The average molecular weight is 520 g/mol. The van der Waals surface area contributed by atoms with E-state index in [-0.39, 0.29) is 11.7 Å². The van der Waals surface area contributed by atoms with Crippen LogP contribution >= 0.6 is 11.3 Å². The fourth-order valence-electron chi connectivity index (χ4n) is 4.46. The van der Waals surface area contributed by atoms with E-state index < -0.39 is 15.9 Å². The minimum absolute atomic E-state index is 0.133. The second-order valence-electron chi connectivity index (χ2n) is 8.35. The van der Waals surface area contributed by atoms with Gasteiger partial charge in [0.2, 0.25) is 6.79 Å². The van der Waals surface area contributed by atoms with Crippen LogP contribution < -0.4 is 18.6 Å². The molecule has 10 heteroatoms. The first-order valence-electron chi connectivity index (χ1n) is 11.3. The van der Waals surface area contributed by atoms with Crippen LogP contribution in [0.3, 0.4) is 0 Å². The maximum atomic E-state index is 13.3. The van der Waals surface area contributed by atoms with Crippen LogP contribution in [0.1, 0.15) is 15.9 Å². The molecule has 6 rings (SSSR count). The number of sulfonamides is 1. The highest BCUT2D eigenvalue weighted by Gasteiger charge is 2.30. The number of fused-ring (bicyclic) bond motifs is 3. The predicted molar refractivity (Wildman–Crippen MR) is 137 cm³/mol. The molecule has 36 heavy (non-hydrogen) atoms. The summed E-state index contributed by atoms with van der Waals surface area (Å²) in [7, 11) is -3.74. The number of hydrogen-bond donors (Lipinski definition) is 0. The highest BCUT2D eigenvalue weighted by Crippen LogP contribution is 2.37. The lowest BCUT2D eigenvalue weighted by Gasteiger charge is -2.19. The Morgan fingerprint density at radius 2 is 1.83 bits per heavy atom. The molecule has 182 valence electrons. The third-order valence-electron chi connectivity index (χ3n) is 6.22. The molecule has 0 unspecified atom stereocenters. The van der Waals surface area contributed by atoms with E-state index in [9.17, 15) is 13.2 Å². The Bertz CT molecular complexity index is 1700. The molecule has 1 aromatic heterocycles. The quantitative estimate of drug-likeness (QED) is 0.370. The molecule has 3 aromatic carbocycles. The van der Waals surface area contributed by atoms with Crippen molar-refractivity contribution in [2.75, 3.05) is 17.6 Å². The van der Waals surface area contributed by atoms with Gasteiger partial charge in [-0.3, -0.25) is 9.10 Å². The molecule has 0 saturated heterocycles. The number of benzene rings is 3. The molecule has 2 aliphatic heterocycles. The first-order chi connectivity index (χ1) is 17.5. The summed E-state index contributed by atoms with van der Waals surface area (Å²) >= 11 is 1.36. The first-order valence-corrected chi connectivity index (χ1v) is 13.5. The molecule has 0 N–H and O–H groups in total. The third kappa shape index (κ3) is 3.69. The second kappa shape index (κ2) is 8.65. The molecule has 0 spiro atoms. The Hall–Kier alpha value is -3.89. The van der Waals surface area contributed by atoms with Gasteiger partial charge < -0.3 is 14.0 Å². The van der Waals surface area contributed by atoms with E-state index in [0.29, 0.717) is 47.1 Å². The summed E-state index contributed by atoms with van der Waals surface area (Å²) in [6, 6.07) is 17.2. The van der Waals surface area contributed by atoms with Crippen molar-refractivity contribution in [2.24, 2.45) is 4.99 Å². The van der Waals surface area contributed by atoms with Crippen molar-refractivity contribution in [3.05, 3.63) is 89.2 Å². The molecule has 0 bridgehead atoms. The van der Waals surface area contributed by atoms with Crippen LogP contribution in [0.2, 0.25) is 0 Å². The molecular formula is C26H21N3O5S2. The lowest BCUT2D eigenvalue weighted by atomic mass is 10.2. The van der Waals surface area contributed by atoms with Crippen molar-refractivity contribution >= 4 is 43.2 Å². The Balaban J connectivity index is 1.32. The summed E-state index contributed by atoms with van der Waals surface area (Å²) in [5, 5.41) is 0. The Labute approximate surface area is 211 Å². The van der Waals surface area contributed by atoms with E-state index in [2.05, 4.69) is 11.6 Å². The number of hydrogen-bond acceptors (Lipinski definition) is 6. The van der Waals surface area contributed by atoms with E-state index in [1.807, 2.05) is 41.0 Å². The van der Waals surface area contributed by atoms with Crippen molar-refractivity contribution < 1.29 is 22.7 Å². The standard InChI is InChI=1S/C26H21N3O5S2/c1-2-12-28-21-14-22-23(34-16-33-22)15-24(21)35-26(28)27-25(30)18-7-9-19(10-8-18)36(31,32)29-13-11-17-5-3-4-6-20(17)29/h2-10,14-15H,1,11-13,16H2. The number of allylic oxidation sites excluding steroid dienone is 1. The molecule has 0 aliphatic carbocycles. The minimum Gasteiger partial charge on any atom is -0.454 e. The van der Waals surface area contributed by atoms with E-state index in [1.54, 1.807) is 6.08 Å². The number of rotatable bonds is 5. The number of nitrogens with zero attached hydrogens (tertiary/aromatic N) is 3. The van der Waals surface area contributed by atoms with Crippen LogP contribution in [0.15, 0.2) is 83.2 Å². The smallest absolute Gasteiger partial charge is 0.279 e. The zero-order valence-electron chi connectivity index (χ0n) is 19.1. The molecule has 0 atom stereocenters. The van der Waals surface area contributed by atoms with Crippen molar-refractivity contribution in [3.63, 3.8) is 0 Å². The molecule has 8 nitrogen and oxygen atoms in total. The lowest BCUT2D eigenvalue weighted by molar-refractivity contribution is 0.0997.